The zero-order valence-electron chi connectivity index (χ0n) is 11.8. The lowest BCUT2D eigenvalue weighted by molar-refractivity contribution is 0.291. The number of ether oxygens (including phenoxy) is 1. The highest BCUT2D eigenvalue weighted by atomic mass is 79.9. The Kier molecular flexibility index (Phi) is 4.90. The topological polar surface area (TPSA) is 76.9 Å². The van der Waals surface area contributed by atoms with Crippen LogP contribution in [-0.2, 0) is 13.2 Å². The van der Waals surface area contributed by atoms with E-state index in [0.29, 0.717) is 22.9 Å². The summed E-state index contributed by atoms with van der Waals surface area (Å²) in [7, 11) is 0. The SMILES string of the molecule is CCn1nc(C)c(Br)c1COc1cccc(Cl)c1C(=N)N. The monoisotopic (exact) mass is 370 g/mol. The Morgan fingerprint density at radius 3 is 2.86 bits per heavy atom. The van der Waals surface area contributed by atoms with Crippen LogP contribution < -0.4 is 10.5 Å². The maximum absolute atomic E-state index is 7.61. The number of benzene rings is 1. The lowest BCUT2D eigenvalue weighted by Gasteiger charge is -2.13. The fourth-order valence-electron chi connectivity index (χ4n) is 2.04. The van der Waals surface area contributed by atoms with Crippen molar-refractivity contribution in [3.05, 3.63) is 44.6 Å². The summed E-state index contributed by atoms with van der Waals surface area (Å²) in [5.41, 5.74) is 7.82. The fraction of sp³-hybridized carbons (Fsp3) is 0.286. The largest absolute Gasteiger partial charge is 0.486 e. The van der Waals surface area contributed by atoms with Crippen LogP contribution in [0.25, 0.3) is 0 Å². The average Bonchev–Trinajstić information content (AvgIpc) is 2.71. The van der Waals surface area contributed by atoms with Gasteiger partial charge < -0.3 is 10.5 Å². The normalized spacial score (nSPS) is 10.7. The van der Waals surface area contributed by atoms with Crippen LogP contribution in [0.3, 0.4) is 0 Å². The van der Waals surface area contributed by atoms with Crippen molar-refractivity contribution in [1.82, 2.24) is 9.78 Å². The zero-order valence-corrected chi connectivity index (χ0v) is 14.1. The summed E-state index contributed by atoms with van der Waals surface area (Å²) >= 11 is 9.59. The fourth-order valence-corrected chi connectivity index (χ4v) is 2.71. The van der Waals surface area contributed by atoms with E-state index >= 15 is 0 Å². The molecule has 0 unspecified atom stereocenters. The van der Waals surface area contributed by atoms with E-state index in [9.17, 15) is 0 Å². The minimum atomic E-state index is -0.116. The molecule has 0 amide bonds. The molecule has 1 aromatic carbocycles. The average molecular weight is 372 g/mol. The standard InChI is InChI=1S/C14H16BrClN4O/c1-3-20-10(13(15)8(2)19-20)7-21-11-6-4-5-9(16)12(11)14(17)18/h4-6H,3,7H2,1-2H3,(H3,17,18). The van der Waals surface area contributed by atoms with Crippen LogP contribution in [0.2, 0.25) is 5.02 Å². The number of nitrogen functional groups attached to an aromatic ring is 1. The molecule has 5 nitrogen and oxygen atoms in total. The number of hydrogen-bond acceptors (Lipinski definition) is 3. The Labute approximate surface area is 136 Å². The second-order valence-electron chi connectivity index (χ2n) is 4.48. The quantitative estimate of drug-likeness (QED) is 0.624. The first-order chi connectivity index (χ1) is 9.95. The third-order valence-corrected chi connectivity index (χ3v) is 4.41. The van der Waals surface area contributed by atoms with E-state index in [-0.39, 0.29) is 5.84 Å². The molecule has 0 saturated heterocycles. The molecule has 2 rings (SSSR count). The van der Waals surface area contributed by atoms with Gasteiger partial charge in [-0.15, -0.1) is 0 Å². The van der Waals surface area contributed by atoms with Gasteiger partial charge in [0.15, 0.2) is 0 Å². The number of halogens is 2. The molecule has 0 fully saturated rings. The first-order valence-electron chi connectivity index (χ1n) is 6.43. The molecule has 1 heterocycles. The minimum Gasteiger partial charge on any atom is -0.486 e. The number of hydrogen-bond donors (Lipinski definition) is 2. The predicted octanol–water partition coefficient (Wildman–Crippen LogP) is 3.49. The van der Waals surface area contributed by atoms with Crippen LogP contribution in [0, 0.1) is 12.3 Å². The number of rotatable bonds is 5. The molecule has 21 heavy (non-hydrogen) atoms. The second-order valence-corrected chi connectivity index (χ2v) is 5.68. The molecule has 0 aliphatic rings. The van der Waals surface area contributed by atoms with Gasteiger partial charge in [0.1, 0.15) is 18.2 Å². The summed E-state index contributed by atoms with van der Waals surface area (Å²) in [6.07, 6.45) is 0. The lowest BCUT2D eigenvalue weighted by atomic mass is 10.2. The highest BCUT2D eigenvalue weighted by molar-refractivity contribution is 9.10. The van der Waals surface area contributed by atoms with Gasteiger partial charge in [-0.3, -0.25) is 10.1 Å². The van der Waals surface area contributed by atoms with Crippen molar-refractivity contribution in [2.75, 3.05) is 0 Å². The van der Waals surface area contributed by atoms with E-state index in [4.69, 9.17) is 27.5 Å². The van der Waals surface area contributed by atoms with Gasteiger partial charge in [-0.1, -0.05) is 17.7 Å². The van der Waals surface area contributed by atoms with Gasteiger partial charge >= 0.3 is 0 Å². The van der Waals surface area contributed by atoms with Crippen molar-refractivity contribution in [3.63, 3.8) is 0 Å². The summed E-state index contributed by atoms with van der Waals surface area (Å²) in [6.45, 7) is 5.01. The molecule has 0 spiro atoms. The number of amidine groups is 1. The van der Waals surface area contributed by atoms with E-state index in [1.807, 2.05) is 18.5 Å². The highest BCUT2D eigenvalue weighted by Crippen LogP contribution is 2.28. The van der Waals surface area contributed by atoms with Crippen molar-refractivity contribution in [2.45, 2.75) is 27.0 Å². The Bertz CT molecular complexity index is 684. The molecule has 0 bridgehead atoms. The molecule has 0 atom stereocenters. The molecular weight excluding hydrogens is 356 g/mol. The molecule has 0 aliphatic carbocycles. The number of aromatic nitrogens is 2. The highest BCUT2D eigenvalue weighted by Gasteiger charge is 2.15. The van der Waals surface area contributed by atoms with Crippen molar-refractivity contribution >= 4 is 33.4 Å². The van der Waals surface area contributed by atoms with Crippen LogP contribution in [-0.4, -0.2) is 15.6 Å². The Hall–Kier alpha value is -1.53. The van der Waals surface area contributed by atoms with E-state index in [1.54, 1.807) is 18.2 Å². The minimum absolute atomic E-state index is 0.116. The van der Waals surface area contributed by atoms with Gasteiger partial charge in [-0.2, -0.15) is 5.10 Å². The molecule has 112 valence electrons. The summed E-state index contributed by atoms with van der Waals surface area (Å²) < 4.78 is 8.60. The van der Waals surface area contributed by atoms with E-state index in [2.05, 4.69) is 21.0 Å². The van der Waals surface area contributed by atoms with Crippen molar-refractivity contribution in [1.29, 1.82) is 5.41 Å². The van der Waals surface area contributed by atoms with Crippen LogP contribution in [0.15, 0.2) is 22.7 Å². The number of nitrogens with one attached hydrogen (secondary N) is 1. The number of nitrogens with two attached hydrogens (primary N) is 1. The molecule has 0 saturated carbocycles. The number of nitrogens with zero attached hydrogens (tertiary/aromatic N) is 2. The van der Waals surface area contributed by atoms with Gasteiger partial charge in [0, 0.05) is 6.54 Å². The molecule has 7 heteroatoms. The first kappa shape index (κ1) is 15.9. The third kappa shape index (κ3) is 3.22. The van der Waals surface area contributed by atoms with Crippen LogP contribution in [0.5, 0.6) is 5.75 Å². The Balaban J connectivity index is 2.29. The van der Waals surface area contributed by atoms with E-state index in [1.165, 1.54) is 0 Å². The first-order valence-corrected chi connectivity index (χ1v) is 7.60. The van der Waals surface area contributed by atoms with Crippen molar-refractivity contribution in [2.24, 2.45) is 5.73 Å². The maximum atomic E-state index is 7.61. The third-order valence-electron chi connectivity index (χ3n) is 3.06. The van der Waals surface area contributed by atoms with Crippen molar-refractivity contribution in [3.8, 4) is 5.75 Å². The molecule has 0 radical (unpaired) electrons. The Morgan fingerprint density at radius 2 is 2.24 bits per heavy atom. The summed E-state index contributed by atoms with van der Waals surface area (Å²) in [5.74, 6) is 0.373. The lowest BCUT2D eigenvalue weighted by Crippen LogP contribution is -2.14. The molecule has 1 aromatic heterocycles. The van der Waals surface area contributed by atoms with Crippen LogP contribution in [0.4, 0.5) is 0 Å². The van der Waals surface area contributed by atoms with Crippen LogP contribution in [0.1, 0.15) is 23.9 Å². The van der Waals surface area contributed by atoms with Gasteiger partial charge in [0.2, 0.25) is 0 Å². The van der Waals surface area contributed by atoms with Gasteiger partial charge in [-0.05, 0) is 41.9 Å². The molecule has 0 aliphatic heterocycles. The molecular formula is C14H16BrClN4O. The van der Waals surface area contributed by atoms with Crippen LogP contribution >= 0.6 is 27.5 Å². The second kappa shape index (κ2) is 6.49. The molecule has 2 aromatic rings. The molecule has 3 N–H and O–H groups in total. The summed E-state index contributed by atoms with van der Waals surface area (Å²) in [5, 5.41) is 12.4. The predicted molar refractivity (Wildman–Crippen MR) is 87.1 cm³/mol. The van der Waals surface area contributed by atoms with Gasteiger partial charge in [-0.25, -0.2) is 0 Å². The Morgan fingerprint density at radius 1 is 1.52 bits per heavy atom. The van der Waals surface area contributed by atoms with E-state index < -0.39 is 0 Å². The zero-order chi connectivity index (χ0) is 15.6. The summed E-state index contributed by atoms with van der Waals surface area (Å²) in [6, 6.07) is 5.19. The van der Waals surface area contributed by atoms with Gasteiger partial charge in [0.25, 0.3) is 0 Å². The number of aryl methyl sites for hydroxylation is 2. The van der Waals surface area contributed by atoms with E-state index in [0.717, 1.165) is 22.4 Å². The maximum Gasteiger partial charge on any atom is 0.132 e. The van der Waals surface area contributed by atoms with Crippen molar-refractivity contribution < 1.29 is 4.74 Å². The summed E-state index contributed by atoms with van der Waals surface area (Å²) in [4.78, 5) is 0. The smallest absolute Gasteiger partial charge is 0.132 e. The van der Waals surface area contributed by atoms with Gasteiger partial charge in [0.05, 0.1) is 26.4 Å².